The zero-order valence-corrected chi connectivity index (χ0v) is 16.7. The van der Waals surface area contributed by atoms with Crippen LogP contribution in [0.15, 0.2) is 29.4 Å². The van der Waals surface area contributed by atoms with E-state index >= 15 is 0 Å². The summed E-state index contributed by atoms with van der Waals surface area (Å²) in [6.45, 7) is 7.69. The van der Waals surface area contributed by atoms with Crippen molar-refractivity contribution in [1.82, 2.24) is 20.5 Å². The van der Waals surface area contributed by atoms with Gasteiger partial charge < -0.3 is 20.5 Å². The number of piperidine rings is 1. The van der Waals surface area contributed by atoms with Crippen molar-refractivity contribution in [3.05, 3.63) is 35.0 Å². The van der Waals surface area contributed by atoms with Crippen LogP contribution in [0.25, 0.3) is 10.9 Å². The van der Waals surface area contributed by atoms with Gasteiger partial charge in [0, 0.05) is 60.9 Å². The summed E-state index contributed by atoms with van der Waals surface area (Å²) in [6, 6.07) is 7.11. The molecule has 0 spiro atoms. The number of nitrogens with zero attached hydrogens (tertiary/aromatic N) is 2. The molecule has 1 aliphatic heterocycles. The third-order valence-electron chi connectivity index (χ3n) is 5.24. The van der Waals surface area contributed by atoms with Crippen molar-refractivity contribution in [1.29, 1.82) is 0 Å². The average Bonchev–Trinajstić information content (AvgIpc) is 3.03. The molecule has 0 aliphatic carbocycles. The number of aromatic nitrogens is 1. The number of H-pyrrole nitrogens is 1. The van der Waals surface area contributed by atoms with Gasteiger partial charge in [0.15, 0.2) is 5.96 Å². The summed E-state index contributed by atoms with van der Waals surface area (Å²) in [7, 11) is 1.84. The maximum Gasteiger partial charge on any atom is 0.191 e. The molecule has 1 saturated heterocycles. The van der Waals surface area contributed by atoms with E-state index in [0.717, 1.165) is 42.6 Å². The molecule has 0 amide bonds. The van der Waals surface area contributed by atoms with Gasteiger partial charge in [0.2, 0.25) is 0 Å². The van der Waals surface area contributed by atoms with Crippen molar-refractivity contribution in [2.75, 3.05) is 26.7 Å². The number of benzene rings is 1. The Bertz CT molecular complexity index is 744. The van der Waals surface area contributed by atoms with E-state index in [2.05, 4.69) is 45.6 Å². The van der Waals surface area contributed by atoms with Gasteiger partial charge in [0.25, 0.3) is 0 Å². The van der Waals surface area contributed by atoms with Gasteiger partial charge in [-0.15, -0.1) is 0 Å². The zero-order valence-electron chi connectivity index (χ0n) is 16.0. The quantitative estimate of drug-likeness (QED) is 0.554. The maximum atomic E-state index is 6.13. The minimum Gasteiger partial charge on any atom is -0.361 e. The van der Waals surface area contributed by atoms with Crippen molar-refractivity contribution in [2.24, 2.45) is 4.99 Å². The fraction of sp³-hybridized carbons (Fsp3) is 0.550. The molecule has 0 atom stereocenters. The lowest BCUT2D eigenvalue weighted by atomic mass is 10.0. The van der Waals surface area contributed by atoms with E-state index in [0.29, 0.717) is 12.1 Å². The third kappa shape index (κ3) is 4.71. The van der Waals surface area contributed by atoms with Gasteiger partial charge in [-0.3, -0.25) is 4.99 Å². The molecule has 1 aliphatic rings. The van der Waals surface area contributed by atoms with Gasteiger partial charge in [-0.1, -0.05) is 11.6 Å². The highest BCUT2D eigenvalue weighted by Gasteiger charge is 2.21. The first-order valence-electron chi connectivity index (χ1n) is 9.53. The Morgan fingerprint density at radius 3 is 2.81 bits per heavy atom. The Balaban J connectivity index is 1.48. The summed E-state index contributed by atoms with van der Waals surface area (Å²) in [6.07, 6.45) is 5.33. The molecule has 142 valence electrons. The largest absolute Gasteiger partial charge is 0.361 e. The fourth-order valence-corrected chi connectivity index (χ4v) is 3.79. The van der Waals surface area contributed by atoms with Gasteiger partial charge >= 0.3 is 0 Å². The molecule has 1 aromatic heterocycles. The highest BCUT2D eigenvalue weighted by molar-refractivity contribution is 6.31. The maximum absolute atomic E-state index is 6.13. The second-order valence-electron chi connectivity index (χ2n) is 7.30. The van der Waals surface area contributed by atoms with Crippen molar-refractivity contribution < 1.29 is 0 Å². The summed E-state index contributed by atoms with van der Waals surface area (Å²) in [5, 5.41) is 8.99. The fourth-order valence-electron chi connectivity index (χ4n) is 3.62. The Morgan fingerprint density at radius 2 is 2.12 bits per heavy atom. The van der Waals surface area contributed by atoms with Crippen LogP contribution in [0.2, 0.25) is 5.02 Å². The lowest BCUT2D eigenvalue weighted by molar-refractivity contribution is 0.167. The van der Waals surface area contributed by atoms with Gasteiger partial charge in [0.05, 0.1) is 0 Å². The monoisotopic (exact) mass is 375 g/mol. The highest BCUT2D eigenvalue weighted by atomic mass is 35.5. The van der Waals surface area contributed by atoms with Crippen LogP contribution >= 0.6 is 11.6 Å². The van der Waals surface area contributed by atoms with Crippen molar-refractivity contribution in [3.8, 4) is 0 Å². The number of rotatable bonds is 5. The van der Waals surface area contributed by atoms with Crippen LogP contribution in [0.1, 0.15) is 32.3 Å². The first-order chi connectivity index (χ1) is 12.6. The predicted octanol–water partition coefficient (Wildman–Crippen LogP) is 3.40. The van der Waals surface area contributed by atoms with Crippen molar-refractivity contribution in [3.63, 3.8) is 0 Å². The number of halogens is 1. The molecule has 0 saturated carbocycles. The van der Waals surface area contributed by atoms with Gasteiger partial charge in [0.1, 0.15) is 0 Å². The lowest BCUT2D eigenvalue weighted by Crippen LogP contribution is -2.50. The zero-order chi connectivity index (χ0) is 18.5. The van der Waals surface area contributed by atoms with Crippen LogP contribution in [-0.4, -0.2) is 54.6 Å². The van der Waals surface area contributed by atoms with Crippen LogP contribution in [0, 0.1) is 0 Å². The van der Waals surface area contributed by atoms with E-state index in [1.54, 1.807) is 0 Å². The second-order valence-corrected chi connectivity index (χ2v) is 7.74. The van der Waals surface area contributed by atoms with E-state index in [9.17, 15) is 0 Å². The summed E-state index contributed by atoms with van der Waals surface area (Å²) >= 11 is 6.13. The SMILES string of the molecule is CN=C(NCCc1c[nH]c2ccc(Cl)cc12)NC1CCN(C(C)C)CC1. The molecule has 26 heavy (non-hydrogen) atoms. The Hall–Kier alpha value is -1.72. The first kappa shape index (κ1) is 19.1. The summed E-state index contributed by atoms with van der Waals surface area (Å²) in [4.78, 5) is 10.2. The summed E-state index contributed by atoms with van der Waals surface area (Å²) in [5.41, 5.74) is 2.40. The third-order valence-corrected chi connectivity index (χ3v) is 5.48. The van der Waals surface area contributed by atoms with Crippen LogP contribution in [0.4, 0.5) is 0 Å². The van der Waals surface area contributed by atoms with E-state index < -0.39 is 0 Å². The molecule has 2 heterocycles. The normalized spacial score (nSPS) is 17.2. The average molecular weight is 376 g/mol. The van der Waals surface area contributed by atoms with Gasteiger partial charge in [-0.2, -0.15) is 0 Å². The smallest absolute Gasteiger partial charge is 0.191 e. The number of aliphatic imine (C=N–C) groups is 1. The molecule has 3 N–H and O–H groups in total. The minimum atomic E-state index is 0.503. The number of hydrogen-bond acceptors (Lipinski definition) is 2. The first-order valence-corrected chi connectivity index (χ1v) is 9.91. The molecule has 1 fully saturated rings. The van der Waals surface area contributed by atoms with Crippen LogP contribution in [-0.2, 0) is 6.42 Å². The van der Waals surface area contributed by atoms with E-state index in [-0.39, 0.29) is 0 Å². The predicted molar refractivity (Wildman–Crippen MR) is 111 cm³/mol. The molecular weight excluding hydrogens is 346 g/mol. The Kier molecular flexibility index (Phi) is 6.43. The molecule has 0 bridgehead atoms. The molecule has 0 unspecified atom stereocenters. The van der Waals surface area contributed by atoms with Gasteiger partial charge in [-0.25, -0.2) is 0 Å². The minimum absolute atomic E-state index is 0.503. The number of aromatic amines is 1. The second kappa shape index (κ2) is 8.78. The van der Waals surface area contributed by atoms with Crippen molar-refractivity contribution in [2.45, 2.75) is 45.2 Å². The number of fused-ring (bicyclic) bond motifs is 1. The summed E-state index contributed by atoms with van der Waals surface area (Å²) in [5.74, 6) is 0.894. The van der Waals surface area contributed by atoms with Crippen LogP contribution in [0.3, 0.4) is 0 Å². The molecule has 3 rings (SSSR count). The van der Waals surface area contributed by atoms with E-state index in [1.807, 2.05) is 25.2 Å². The topological polar surface area (TPSA) is 55.5 Å². The molecule has 5 nitrogen and oxygen atoms in total. The summed E-state index contributed by atoms with van der Waals surface area (Å²) < 4.78 is 0. The number of likely N-dealkylation sites (tertiary alicyclic amines) is 1. The van der Waals surface area contributed by atoms with Crippen LogP contribution < -0.4 is 10.6 Å². The van der Waals surface area contributed by atoms with Crippen LogP contribution in [0.5, 0.6) is 0 Å². The molecule has 1 aromatic carbocycles. The molecule has 0 radical (unpaired) electrons. The van der Waals surface area contributed by atoms with Gasteiger partial charge in [-0.05, 0) is 56.9 Å². The number of hydrogen-bond donors (Lipinski definition) is 3. The number of nitrogens with one attached hydrogen (secondary N) is 3. The highest BCUT2D eigenvalue weighted by Crippen LogP contribution is 2.22. The standard InChI is InChI=1S/C20H30ClN5/c1-14(2)26-10-7-17(8-11-26)25-20(22-3)23-9-6-15-13-24-19-5-4-16(21)12-18(15)19/h4-5,12-14,17,24H,6-11H2,1-3H3,(H2,22,23,25). The van der Waals surface area contributed by atoms with E-state index in [1.165, 1.54) is 23.8 Å². The Labute approximate surface area is 161 Å². The molecule has 6 heteroatoms. The number of guanidine groups is 1. The lowest BCUT2D eigenvalue weighted by Gasteiger charge is -2.35. The molecular formula is C20H30ClN5. The van der Waals surface area contributed by atoms with Crippen molar-refractivity contribution >= 4 is 28.5 Å². The molecule has 2 aromatic rings. The van der Waals surface area contributed by atoms with E-state index in [4.69, 9.17) is 11.6 Å². The Morgan fingerprint density at radius 1 is 1.35 bits per heavy atom.